The van der Waals surface area contributed by atoms with E-state index in [2.05, 4.69) is 5.32 Å². The summed E-state index contributed by atoms with van der Waals surface area (Å²) in [4.78, 5) is 22.5. The number of amides is 1. The van der Waals surface area contributed by atoms with Gasteiger partial charge in [0, 0.05) is 7.11 Å². The molecule has 0 unspecified atom stereocenters. The summed E-state index contributed by atoms with van der Waals surface area (Å²) < 4.78 is 9.91. The smallest absolute Gasteiger partial charge is 0.305 e. The molecular weight excluding hydrogens is 238 g/mol. The zero-order valence-electron chi connectivity index (χ0n) is 10.7. The van der Waals surface area contributed by atoms with E-state index in [1.165, 1.54) is 0 Å². The van der Waals surface area contributed by atoms with Crippen molar-refractivity contribution in [3.8, 4) is 0 Å². The van der Waals surface area contributed by atoms with Crippen LogP contribution >= 0.6 is 0 Å². The number of rotatable bonds is 8. The Morgan fingerprint density at radius 3 is 2.50 bits per heavy atom. The summed E-state index contributed by atoms with van der Waals surface area (Å²) in [5, 5.41) is 11.7. The average Bonchev–Trinajstić information content (AvgIpc) is 2.71. The molecule has 0 aliphatic heterocycles. The number of carbonyl (C=O) groups is 2. The zero-order chi connectivity index (χ0) is 13.4. The van der Waals surface area contributed by atoms with E-state index in [-0.39, 0.29) is 18.9 Å². The quantitative estimate of drug-likeness (QED) is 0.622. The van der Waals surface area contributed by atoms with Gasteiger partial charge in [0.1, 0.15) is 6.61 Å². The van der Waals surface area contributed by atoms with E-state index in [0.29, 0.717) is 13.2 Å². The van der Waals surface area contributed by atoms with Gasteiger partial charge in [-0.3, -0.25) is 9.59 Å². The van der Waals surface area contributed by atoms with Crippen molar-refractivity contribution < 1.29 is 24.2 Å². The molecule has 1 aliphatic rings. The van der Waals surface area contributed by atoms with Gasteiger partial charge >= 0.3 is 5.97 Å². The van der Waals surface area contributed by atoms with Crippen molar-refractivity contribution in [3.63, 3.8) is 0 Å². The molecule has 0 heterocycles. The van der Waals surface area contributed by atoms with Gasteiger partial charge in [-0.25, -0.2) is 0 Å². The molecule has 1 rings (SSSR count). The van der Waals surface area contributed by atoms with E-state index in [0.717, 1.165) is 25.7 Å². The van der Waals surface area contributed by atoms with Crippen molar-refractivity contribution in [2.75, 3.05) is 26.9 Å². The van der Waals surface area contributed by atoms with E-state index < -0.39 is 11.5 Å². The van der Waals surface area contributed by atoms with Gasteiger partial charge in [-0.1, -0.05) is 12.8 Å². The Bertz CT molecular complexity index is 286. The highest BCUT2D eigenvalue weighted by atomic mass is 16.5. The van der Waals surface area contributed by atoms with E-state index in [1.807, 2.05) is 0 Å². The lowest BCUT2D eigenvalue weighted by atomic mass is 9.93. The van der Waals surface area contributed by atoms with E-state index in [1.54, 1.807) is 7.11 Å². The molecule has 0 radical (unpaired) electrons. The molecule has 0 spiro atoms. The van der Waals surface area contributed by atoms with Gasteiger partial charge in [-0.15, -0.1) is 0 Å². The van der Waals surface area contributed by atoms with Crippen LogP contribution in [0.5, 0.6) is 0 Å². The maximum Gasteiger partial charge on any atom is 0.305 e. The third-order valence-corrected chi connectivity index (χ3v) is 3.12. The van der Waals surface area contributed by atoms with E-state index >= 15 is 0 Å². The lowest BCUT2D eigenvalue weighted by molar-refractivity contribution is -0.139. The van der Waals surface area contributed by atoms with Gasteiger partial charge in [0.25, 0.3) is 0 Å². The highest BCUT2D eigenvalue weighted by molar-refractivity contribution is 5.79. The second kappa shape index (κ2) is 7.33. The summed E-state index contributed by atoms with van der Waals surface area (Å²) in [7, 11) is 1.56. The Hall–Kier alpha value is -1.14. The maximum absolute atomic E-state index is 11.7. The summed E-state index contributed by atoms with van der Waals surface area (Å²) in [5.74, 6) is -1.13. The average molecular weight is 259 g/mol. The standard InChI is InChI=1S/C12H21NO5/c1-17-6-7-18-9-10(14)13-12(8-11(15)16)4-2-3-5-12/h2-9H2,1H3,(H,13,14)(H,15,16). The van der Waals surface area contributed by atoms with Gasteiger partial charge in [-0.05, 0) is 12.8 Å². The van der Waals surface area contributed by atoms with Crippen LogP contribution in [0.3, 0.4) is 0 Å². The summed E-state index contributed by atoms with van der Waals surface area (Å²) in [5.41, 5.74) is -0.576. The molecule has 0 saturated heterocycles. The minimum Gasteiger partial charge on any atom is -0.481 e. The SMILES string of the molecule is COCCOCC(=O)NC1(CC(=O)O)CCCC1. The number of ether oxygens (including phenoxy) is 2. The number of carboxylic acid groups (broad SMARTS) is 1. The molecule has 0 bridgehead atoms. The fourth-order valence-corrected chi connectivity index (χ4v) is 2.33. The molecule has 6 heteroatoms. The maximum atomic E-state index is 11.7. The minimum absolute atomic E-state index is 0.0171. The first-order valence-corrected chi connectivity index (χ1v) is 6.17. The van der Waals surface area contributed by atoms with Crippen LogP contribution in [0.15, 0.2) is 0 Å². The third-order valence-electron chi connectivity index (χ3n) is 3.12. The molecule has 104 valence electrons. The zero-order valence-corrected chi connectivity index (χ0v) is 10.7. The lowest BCUT2D eigenvalue weighted by Crippen LogP contribution is -2.49. The molecule has 1 amide bonds. The lowest BCUT2D eigenvalue weighted by Gasteiger charge is -2.28. The Balaban J connectivity index is 2.36. The fraction of sp³-hybridized carbons (Fsp3) is 0.833. The van der Waals surface area contributed by atoms with Crippen LogP contribution in [0.1, 0.15) is 32.1 Å². The molecule has 1 aliphatic carbocycles. The Morgan fingerprint density at radius 2 is 1.94 bits per heavy atom. The molecule has 0 atom stereocenters. The molecule has 2 N–H and O–H groups in total. The van der Waals surface area contributed by atoms with Crippen LogP contribution in [0.4, 0.5) is 0 Å². The van der Waals surface area contributed by atoms with Gasteiger partial charge in [0.05, 0.1) is 25.2 Å². The first-order valence-electron chi connectivity index (χ1n) is 6.17. The summed E-state index contributed by atoms with van der Waals surface area (Å²) >= 11 is 0. The molecule has 18 heavy (non-hydrogen) atoms. The monoisotopic (exact) mass is 259 g/mol. The van der Waals surface area contributed by atoms with Crippen LogP contribution in [-0.4, -0.2) is 49.5 Å². The second-order valence-corrected chi connectivity index (χ2v) is 4.65. The van der Waals surface area contributed by atoms with Crippen molar-refractivity contribution in [1.29, 1.82) is 0 Å². The normalized spacial score (nSPS) is 17.6. The van der Waals surface area contributed by atoms with Crippen LogP contribution in [0, 0.1) is 0 Å². The van der Waals surface area contributed by atoms with Gasteiger partial charge in [0.15, 0.2) is 0 Å². The van der Waals surface area contributed by atoms with Crippen LogP contribution in [0.2, 0.25) is 0 Å². The third kappa shape index (κ3) is 5.01. The minimum atomic E-state index is -0.877. The number of carbonyl (C=O) groups excluding carboxylic acids is 1. The summed E-state index contributed by atoms with van der Waals surface area (Å²) in [6.45, 7) is 0.744. The van der Waals surface area contributed by atoms with Gasteiger partial charge in [0.2, 0.25) is 5.91 Å². The van der Waals surface area contributed by atoms with Gasteiger partial charge < -0.3 is 19.9 Å². The second-order valence-electron chi connectivity index (χ2n) is 4.65. The number of aliphatic carboxylic acids is 1. The largest absolute Gasteiger partial charge is 0.481 e. The predicted octanol–water partition coefficient (Wildman–Crippen LogP) is 0.553. The molecule has 0 aromatic heterocycles. The predicted molar refractivity (Wildman–Crippen MR) is 64.3 cm³/mol. The van der Waals surface area contributed by atoms with E-state index in [4.69, 9.17) is 14.6 Å². The van der Waals surface area contributed by atoms with Crippen molar-refractivity contribution in [2.45, 2.75) is 37.6 Å². The topological polar surface area (TPSA) is 84.9 Å². The first-order chi connectivity index (χ1) is 8.58. The first kappa shape index (κ1) is 14.9. The highest BCUT2D eigenvalue weighted by Crippen LogP contribution is 2.32. The summed E-state index contributed by atoms with van der Waals surface area (Å²) in [6.07, 6.45) is 3.35. The molecule has 1 fully saturated rings. The number of methoxy groups -OCH3 is 1. The Labute approximate surface area is 107 Å². The number of hydrogen-bond donors (Lipinski definition) is 2. The van der Waals surface area contributed by atoms with Crippen molar-refractivity contribution in [1.82, 2.24) is 5.32 Å². The summed E-state index contributed by atoms with van der Waals surface area (Å²) in [6, 6.07) is 0. The van der Waals surface area contributed by atoms with Crippen molar-refractivity contribution in [2.24, 2.45) is 0 Å². The number of hydrogen-bond acceptors (Lipinski definition) is 4. The fourth-order valence-electron chi connectivity index (χ4n) is 2.33. The molecule has 6 nitrogen and oxygen atoms in total. The molecule has 1 saturated carbocycles. The van der Waals surface area contributed by atoms with Crippen LogP contribution < -0.4 is 5.32 Å². The van der Waals surface area contributed by atoms with Crippen LogP contribution in [0.25, 0.3) is 0 Å². The Kier molecular flexibility index (Phi) is 6.07. The molecule has 0 aromatic carbocycles. The molecular formula is C12H21NO5. The Morgan fingerprint density at radius 1 is 1.28 bits per heavy atom. The van der Waals surface area contributed by atoms with E-state index in [9.17, 15) is 9.59 Å². The number of carboxylic acids is 1. The van der Waals surface area contributed by atoms with Crippen molar-refractivity contribution in [3.05, 3.63) is 0 Å². The molecule has 0 aromatic rings. The van der Waals surface area contributed by atoms with Gasteiger partial charge in [-0.2, -0.15) is 0 Å². The van der Waals surface area contributed by atoms with Crippen LogP contribution in [-0.2, 0) is 19.1 Å². The van der Waals surface area contributed by atoms with Crippen molar-refractivity contribution >= 4 is 11.9 Å². The highest BCUT2D eigenvalue weighted by Gasteiger charge is 2.37. The number of nitrogens with one attached hydrogen (secondary N) is 1.